The first kappa shape index (κ1) is 33.3. The minimum absolute atomic E-state index is 0.417. The van der Waals surface area contributed by atoms with Crippen LogP contribution in [0, 0.1) is 6.92 Å². The van der Waals surface area contributed by atoms with Gasteiger partial charge in [0, 0.05) is 22.3 Å². The Balaban J connectivity index is 1.03. The highest BCUT2D eigenvalue weighted by atomic mass is 16.5. The number of pyridine rings is 1. The molecule has 57 heavy (non-hydrogen) atoms. The normalized spacial score (nSPS) is 16.1. The molecule has 0 amide bonds. The van der Waals surface area contributed by atoms with Gasteiger partial charge in [-0.05, 0) is 123 Å². The van der Waals surface area contributed by atoms with Gasteiger partial charge in [-0.1, -0.05) is 152 Å². The largest absolute Gasteiger partial charge is 0.457 e. The molecule has 3 aliphatic rings. The van der Waals surface area contributed by atoms with Crippen molar-refractivity contribution in [3.8, 4) is 67.4 Å². The van der Waals surface area contributed by atoms with E-state index in [0.29, 0.717) is 0 Å². The molecule has 7 aromatic carbocycles. The first-order valence-corrected chi connectivity index (χ1v) is 19.9. The lowest BCUT2D eigenvalue weighted by Gasteiger charge is -2.41. The van der Waals surface area contributed by atoms with Crippen LogP contribution in [0.1, 0.15) is 40.7 Å². The van der Waals surface area contributed by atoms with Crippen molar-refractivity contribution in [1.29, 1.82) is 0 Å². The number of ether oxygens (including phenoxy) is 1. The lowest BCUT2D eigenvalue weighted by atomic mass is 9.64. The summed E-state index contributed by atoms with van der Waals surface area (Å²) in [6.45, 7) is 2.20. The summed E-state index contributed by atoms with van der Waals surface area (Å²) in [7, 11) is 0. The molecule has 0 bridgehead atoms. The van der Waals surface area contributed by atoms with Crippen LogP contribution in [-0.2, 0) is 5.41 Å². The number of hydrogen-bond donors (Lipinski definition) is 0. The van der Waals surface area contributed by atoms with Crippen LogP contribution in [0.2, 0.25) is 0 Å². The number of para-hydroxylation sites is 1. The van der Waals surface area contributed by atoms with Crippen molar-refractivity contribution in [2.24, 2.45) is 0 Å². The van der Waals surface area contributed by atoms with Crippen molar-refractivity contribution in [1.82, 2.24) is 4.98 Å². The molecule has 0 fully saturated rings. The smallest absolute Gasteiger partial charge is 0.132 e. The number of aromatic nitrogens is 1. The standard InChI is InChI=1S/C55H39NO/c1-36-27-28-42(52-35-43(37-15-4-2-5-16-37)34-51(56-52)38-17-6-3-7-18-38)32-46(36)41-20-14-19-39(31-41)40-29-30-54-50(33-40)55(49-25-12-13-26-53(49)57-54)47-23-10-8-21-44(47)45-22-9-11-24-48(45)55/h2-10,12-23,25-35H,11,24H2,1H3. The van der Waals surface area contributed by atoms with Gasteiger partial charge in [0.25, 0.3) is 0 Å². The fraction of sp³-hybridized carbons (Fsp3) is 0.0727. The minimum atomic E-state index is -0.417. The van der Waals surface area contributed by atoms with Crippen LogP contribution in [0.4, 0.5) is 0 Å². The Kier molecular flexibility index (Phi) is 7.79. The van der Waals surface area contributed by atoms with E-state index in [1.54, 1.807) is 0 Å². The Labute approximate surface area is 334 Å². The van der Waals surface area contributed by atoms with Crippen LogP contribution < -0.4 is 4.74 Å². The fourth-order valence-corrected chi connectivity index (χ4v) is 9.54. The van der Waals surface area contributed by atoms with E-state index < -0.39 is 5.41 Å². The van der Waals surface area contributed by atoms with Crippen molar-refractivity contribution in [3.63, 3.8) is 0 Å². The molecular formula is C55H39NO. The average Bonchev–Trinajstić information content (AvgIpc) is 3.57. The summed E-state index contributed by atoms with van der Waals surface area (Å²) in [4.78, 5) is 5.25. The van der Waals surface area contributed by atoms with Gasteiger partial charge in [0.05, 0.1) is 16.8 Å². The average molecular weight is 730 g/mol. The van der Waals surface area contributed by atoms with Crippen LogP contribution in [0.3, 0.4) is 0 Å². The van der Waals surface area contributed by atoms with E-state index in [2.05, 4.69) is 201 Å². The van der Waals surface area contributed by atoms with E-state index in [1.165, 1.54) is 66.8 Å². The van der Waals surface area contributed by atoms with E-state index in [4.69, 9.17) is 9.72 Å². The SMILES string of the molecule is Cc1ccc(-c2cc(-c3ccccc3)cc(-c3ccccc3)n2)cc1-c1cccc(-c2ccc3c(c2)C2(C4=C(C=CCC4)c4ccccc42)c2ccccc2O3)c1. The van der Waals surface area contributed by atoms with E-state index in [1.807, 2.05) is 0 Å². The van der Waals surface area contributed by atoms with Crippen LogP contribution in [0.5, 0.6) is 11.5 Å². The first-order valence-electron chi connectivity index (χ1n) is 19.9. The summed E-state index contributed by atoms with van der Waals surface area (Å²) in [5.41, 5.74) is 19.9. The molecule has 2 heterocycles. The second-order valence-electron chi connectivity index (χ2n) is 15.4. The molecule has 2 aliphatic carbocycles. The minimum Gasteiger partial charge on any atom is -0.457 e. The molecule has 1 atom stereocenters. The van der Waals surface area contributed by atoms with Crippen molar-refractivity contribution in [3.05, 3.63) is 228 Å². The summed E-state index contributed by atoms with van der Waals surface area (Å²) < 4.78 is 6.74. The maximum absolute atomic E-state index is 6.74. The third-order valence-corrected chi connectivity index (χ3v) is 12.2. The molecule has 1 spiro atoms. The first-order chi connectivity index (χ1) is 28.1. The van der Waals surface area contributed by atoms with E-state index >= 15 is 0 Å². The molecule has 0 saturated carbocycles. The Hall–Kier alpha value is -7.03. The highest BCUT2D eigenvalue weighted by Crippen LogP contribution is 2.63. The maximum atomic E-state index is 6.74. The molecule has 1 unspecified atom stereocenters. The van der Waals surface area contributed by atoms with Gasteiger partial charge in [0.1, 0.15) is 11.5 Å². The molecule has 270 valence electrons. The third kappa shape index (κ3) is 5.36. The second-order valence-corrected chi connectivity index (χ2v) is 15.4. The van der Waals surface area contributed by atoms with Crippen molar-refractivity contribution >= 4 is 5.57 Å². The lowest BCUT2D eigenvalue weighted by Crippen LogP contribution is -2.33. The predicted octanol–water partition coefficient (Wildman–Crippen LogP) is 14.3. The molecule has 2 heteroatoms. The molecule has 11 rings (SSSR count). The van der Waals surface area contributed by atoms with Gasteiger partial charge in [-0.3, -0.25) is 0 Å². The Bertz CT molecular complexity index is 2880. The predicted molar refractivity (Wildman–Crippen MR) is 234 cm³/mol. The van der Waals surface area contributed by atoms with Gasteiger partial charge < -0.3 is 4.74 Å². The Morgan fingerprint density at radius 1 is 0.456 bits per heavy atom. The van der Waals surface area contributed by atoms with Gasteiger partial charge in [-0.15, -0.1) is 0 Å². The summed E-state index contributed by atoms with van der Waals surface area (Å²) in [5.74, 6) is 1.86. The monoisotopic (exact) mass is 729 g/mol. The zero-order chi connectivity index (χ0) is 37.9. The van der Waals surface area contributed by atoms with E-state index in [9.17, 15) is 0 Å². The molecular weight excluding hydrogens is 691 g/mol. The lowest BCUT2D eigenvalue weighted by molar-refractivity contribution is 0.432. The Morgan fingerprint density at radius 3 is 1.95 bits per heavy atom. The summed E-state index contributed by atoms with van der Waals surface area (Å²) in [6, 6.07) is 65.7. The zero-order valence-electron chi connectivity index (χ0n) is 31.7. The molecule has 0 saturated heterocycles. The van der Waals surface area contributed by atoms with Crippen molar-refractivity contribution < 1.29 is 4.74 Å². The molecule has 2 nitrogen and oxygen atoms in total. The number of fused-ring (bicyclic) bond motifs is 8. The number of nitrogens with zero attached hydrogens (tertiary/aromatic N) is 1. The second kappa shape index (κ2) is 13.3. The number of aryl methyl sites for hydroxylation is 1. The van der Waals surface area contributed by atoms with Crippen LogP contribution in [-0.4, -0.2) is 4.98 Å². The number of allylic oxidation sites excluding steroid dienone is 4. The Morgan fingerprint density at radius 2 is 1.11 bits per heavy atom. The topological polar surface area (TPSA) is 22.1 Å². The van der Waals surface area contributed by atoms with Crippen molar-refractivity contribution in [2.75, 3.05) is 0 Å². The molecule has 0 N–H and O–H groups in total. The van der Waals surface area contributed by atoms with Gasteiger partial charge >= 0.3 is 0 Å². The van der Waals surface area contributed by atoms with Crippen LogP contribution in [0.15, 0.2) is 200 Å². The fourth-order valence-electron chi connectivity index (χ4n) is 9.54. The summed E-state index contributed by atoms with van der Waals surface area (Å²) >= 11 is 0. The molecule has 1 aromatic heterocycles. The molecule has 8 aromatic rings. The van der Waals surface area contributed by atoms with E-state index in [0.717, 1.165) is 52.4 Å². The van der Waals surface area contributed by atoms with Gasteiger partial charge in [0.2, 0.25) is 0 Å². The highest BCUT2D eigenvalue weighted by Gasteiger charge is 2.52. The maximum Gasteiger partial charge on any atom is 0.132 e. The number of benzene rings is 7. The van der Waals surface area contributed by atoms with E-state index in [-0.39, 0.29) is 0 Å². The van der Waals surface area contributed by atoms with Crippen molar-refractivity contribution in [2.45, 2.75) is 25.2 Å². The summed E-state index contributed by atoms with van der Waals surface area (Å²) in [5, 5.41) is 0. The molecule has 1 aliphatic heterocycles. The number of hydrogen-bond acceptors (Lipinski definition) is 2. The zero-order valence-corrected chi connectivity index (χ0v) is 31.7. The van der Waals surface area contributed by atoms with Gasteiger partial charge in [-0.25, -0.2) is 4.98 Å². The third-order valence-electron chi connectivity index (χ3n) is 12.2. The highest BCUT2D eigenvalue weighted by molar-refractivity contribution is 5.93. The van der Waals surface area contributed by atoms with Crippen LogP contribution in [0.25, 0.3) is 61.5 Å². The molecule has 0 radical (unpaired) electrons. The van der Waals surface area contributed by atoms with Gasteiger partial charge in [0.15, 0.2) is 0 Å². The quantitative estimate of drug-likeness (QED) is 0.176. The van der Waals surface area contributed by atoms with Crippen LogP contribution >= 0.6 is 0 Å². The van der Waals surface area contributed by atoms with Gasteiger partial charge in [-0.2, -0.15) is 0 Å². The number of rotatable bonds is 5. The summed E-state index contributed by atoms with van der Waals surface area (Å²) in [6.07, 6.45) is 6.73.